The van der Waals surface area contributed by atoms with E-state index < -0.39 is 5.97 Å². The molecule has 6 nitrogen and oxygen atoms in total. The molecule has 1 aromatic rings. The van der Waals surface area contributed by atoms with Gasteiger partial charge in [0.15, 0.2) is 0 Å². The molecule has 0 aliphatic rings. The molecule has 0 unspecified atom stereocenters. The van der Waals surface area contributed by atoms with Crippen LogP contribution in [-0.4, -0.2) is 23.7 Å². The number of halogens is 1. The van der Waals surface area contributed by atoms with Crippen molar-refractivity contribution in [1.82, 2.24) is 10.6 Å². The van der Waals surface area contributed by atoms with Gasteiger partial charge in [-0.05, 0) is 12.1 Å². The van der Waals surface area contributed by atoms with Crippen LogP contribution < -0.4 is 10.6 Å². The lowest BCUT2D eigenvalue weighted by molar-refractivity contribution is 0.0660. The maximum atomic E-state index is 11.2. The summed E-state index contributed by atoms with van der Waals surface area (Å²) < 4.78 is 5.60. The highest BCUT2D eigenvalue weighted by Gasteiger charge is 2.09. The third kappa shape index (κ3) is 4.73. The summed E-state index contributed by atoms with van der Waals surface area (Å²) in [4.78, 5) is 21.7. The smallest absolute Gasteiger partial charge is 0.371 e. The van der Waals surface area contributed by atoms with E-state index in [2.05, 4.69) is 33.1 Å². The highest BCUT2D eigenvalue weighted by atomic mass is 79.9. The fourth-order valence-electron chi connectivity index (χ4n) is 0.994. The molecule has 1 aromatic heterocycles. The Bertz CT molecular complexity index is 441. The maximum absolute atomic E-state index is 11.2. The van der Waals surface area contributed by atoms with E-state index in [0.29, 0.717) is 16.8 Å². The van der Waals surface area contributed by atoms with E-state index in [9.17, 15) is 9.59 Å². The van der Waals surface area contributed by atoms with Crippen molar-refractivity contribution in [3.8, 4) is 0 Å². The lowest BCUT2D eigenvalue weighted by Gasteiger charge is -2.04. The topological polar surface area (TPSA) is 91.6 Å². The lowest BCUT2D eigenvalue weighted by Crippen LogP contribution is -2.35. The standard InChI is InChI=1S/C10H11BrN2O4/c1-6(11)4-12-10(16)13-5-7-2-3-8(17-7)9(14)15/h2-3H,1,4-5H2,(H,14,15)(H2,12,13,16). The molecular weight excluding hydrogens is 292 g/mol. The Balaban J connectivity index is 2.36. The number of aromatic carboxylic acids is 1. The van der Waals surface area contributed by atoms with Crippen LogP contribution in [0.15, 0.2) is 27.6 Å². The molecule has 0 fully saturated rings. The molecule has 0 atom stereocenters. The third-order valence-electron chi connectivity index (χ3n) is 1.74. The molecule has 0 saturated heterocycles. The number of amides is 2. The lowest BCUT2D eigenvalue weighted by atomic mass is 10.4. The zero-order chi connectivity index (χ0) is 12.8. The van der Waals surface area contributed by atoms with Crippen molar-refractivity contribution in [1.29, 1.82) is 0 Å². The molecule has 0 aliphatic carbocycles. The fraction of sp³-hybridized carbons (Fsp3) is 0.200. The van der Waals surface area contributed by atoms with Crippen molar-refractivity contribution < 1.29 is 19.1 Å². The van der Waals surface area contributed by atoms with Gasteiger partial charge >= 0.3 is 12.0 Å². The molecule has 0 aromatic carbocycles. The number of carbonyl (C=O) groups is 2. The van der Waals surface area contributed by atoms with Gasteiger partial charge in [-0.2, -0.15) is 0 Å². The second kappa shape index (κ2) is 6.09. The summed E-state index contributed by atoms with van der Waals surface area (Å²) in [5.41, 5.74) is 0. The first-order chi connectivity index (χ1) is 7.99. The van der Waals surface area contributed by atoms with Crippen LogP contribution in [0.1, 0.15) is 16.3 Å². The Labute approximate surface area is 106 Å². The van der Waals surface area contributed by atoms with Gasteiger partial charge in [-0.25, -0.2) is 9.59 Å². The normalized spacial score (nSPS) is 9.71. The number of carboxylic acids is 1. The van der Waals surface area contributed by atoms with E-state index in [0.717, 1.165) is 0 Å². The zero-order valence-corrected chi connectivity index (χ0v) is 10.4. The van der Waals surface area contributed by atoms with Crippen LogP contribution in [0.5, 0.6) is 0 Å². The van der Waals surface area contributed by atoms with Crippen LogP contribution in [0.2, 0.25) is 0 Å². The molecule has 0 saturated carbocycles. The summed E-state index contributed by atoms with van der Waals surface area (Å²) in [6.45, 7) is 3.99. The molecular formula is C10H11BrN2O4. The number of rotatable bonds is 5. The SMILES string of the molecule is C=C(Br)CNC(=O)NCc1ccc(C(=O)O)o1. The number of hydrogen-bond donors (Lipinski definition) is 3. The Kier molecular flexibility index (Phi) is 4.77. The first-order valence-corrected chi connectivity index (χ1v) is 5.45. The molecule has 0 spiro atoms. The first kappa shape index (κ1) is 13.3. The van der Waals surface area contributed by atoms with Gasteiger partial charge in [-0.15, -0.1) is 0 Å². The number of carboxylic acid groups (broad SMARTS) is 1. The average molecular weight is 303 g/mol. The first-order valence-electron chi connectivity index (χ1n) is 4.66. The Morgan fingerprint density at radius 3 is 2.65 bits per heavy atom. The average Bonchev–Trinajstić information content (AvgIpc) is 2.72. The molecule has 0 radical (unpaired) electrons. The van der Waals surface area contributed by atoms with Crippen molar-refractivity contribution in [2.45, 2.75) is 6.54 Å². The predicted octanol–water partition coefficient (Wildman–Crippen LogP) is 1.69. The van der Waals surface area contributed by atoms with Gasteiger partial charge in [0.25, 0.3) is 0 Å². The molecule has 2 amide bonds. The van der Waals surface area contributed by atoms with Crippen molar-refractivity contribution in [2.75, 3.05) is 6.54 Å². The molecule has 92 valence electrons. The number of urea groups is 1. The molecule has 7 heteroatoms. The van der Waals surface area contributed by atoms with E-state index in [1.807, 2.05) is 0 Å². The van der Waals surface area contributed by atoms with E-state index in [1.165, 1.54) is 12.1 Å². The largest absolute Gasteiger partial charge is 0.475 e. The predicted molar refractivity (Wildman–Crippen MR) is 64.0 cm³/mol. The van der Waals surface area contributed by atoms with Gasteiger partial charge in [0.2, 0.25) is 5.76 Å². The molecule has 0 bridgehead atoms. The number of furan rings is 1. The Morgan fingerprint density at radius 2 is 2.12 bits per heavy atom. The van der Waals surface area contributed by atoms with Crippen LogP contribution in [0.3, 0.4) is 0 Å². The number of nitrogens with one attached hydrogen (secondary N) is 2. The quantitative estimate of drug-likeness (QED) is 0.772. The molecule has 0 aliphatic heterocycles. The highest BCUT2D eigenvalue weighted by Crippen LogP contribution is 2.07. The monoisotopic (exact) mass is 302 g/mol. The zero-order valence-electron chi connectivity index (χ0n) is 8.83. The minimum atomic E-state index is -1.14. The Morgan fingerprint density at radius 1 is 1.41 bits per heavy atom. The molecule has 17 heavy (non-hydrogen) atoms. The number of carbonyl (C=O) groups excluding carboxylic acids is 1. The van der Waals surface area contributed by atoms with Gasteiger partial charge < -0.3 is 20.2 Å². The molecule has 1 rings (SSSR count). The second-order valence-electron chi connectivity index (χ2n) is 3.12. The third-order valence-corrected chi connectivity index (χ3v) is 2.02. The van der Waals surface area contributed by atoms with Crippen molar-refractivity contribution >= 4 is 27.9 Å². The van der Waals surface area contributed by atoms with Crippen molar-refractivity contribution in [3.63, 3.8) is 0 Å². The fourth-order valence-corrected chi connectivity index (χ4v) is 1.13. The van der Waals surface area contributed by atoms with Crippen molar-refractivity contribution in [3.05, 3.63) is 34.7 Å². The van der Waals surface area contributed by atoms with Crippen LogP contribution in [0, 0.1) is 0 Å². The van der Waals surface area contributed by atoms with Gasteiger partial charge in [0.1, 0.15) is 5.76 Å². The van der Waals surface area contributed by atoms with E-state index in [-0.39, 0.29) is 18.3 Å². The summed E-state index contributed by atoms with van der Waals surface area (Å²) in [5.74, 6) is -0.928. The van der Waals surface area contributed by atoms with Crippen LogP contribution in [-0.2, 0) is 6.54 Å². The second-order valence-corrected chi connectivity index (χ2v) is 4.25. The summed E-state index contributed by atoms with van der Waals surface area (Å²) in [5, 5.41) is 13.6. The van der Waals surface area contributed by atoms with Gasteiger partial charge in [-0.1, -0.05) is 22.5 Å². The van der Waals surface area contributed by atoms with Crippen molar-refractivity contribution in [2.24, 2.45) is 0 Å². The summed E-state index contributed by atoms with van der Waals surface area (Å²) in [6.07, 6.45) is 0. The summed E-state index contributed by atoms with van der Waals surface area (Å²) >= 11 is 3.10. The maximum Gasteiger partial charge on any atom is 0.371 e. The van der Waals surface area contributed by atoms with Gasteiger partial charge in [0.05, 0.1) is 13.1 Å². The van der Waals surface area contributed by atoms with Crippen LogP contribution in [0.25, 0.3) is 0 Å². The van der Waals surface area contributed by atoms with Crippen LogP contribution >= 0.6 is 15.9 Å². The minimum absolute atomic E-state index is 0.119. The van der Waals surface area contributed by atoms with Gasteiger partial charge in [0, 0.05) is 4.48 Å². The van der Waals surface area contributed by atoms with E-state index in [4.69, 9.17) is 9.52 Å². The van der Waals surface area contributed by atoms with E-state index in [1.54, 1.807) is 0 Å². The van der Waals surface area contributed by atoms with E-state index >= 15 is 0 Å². The molecule has 1 heterocycles. The van der Waals surface area contributed by atoms with Gasteiger partial charge in [-0.3, -0.25) is 0 Å². The summed E-state index contributed by atoms with van der Waals surface area (Å²) in [6, 6.07) is 2.43. The Hall–Kier alpha value is -1.76. The highest BCUT2D eigenvalue weighted by molar-refractivity contribution is 9.11. The minimum Gasteiger partial charge on any atom is -0.475 e. The summed E-state index contributed by atoms with van der Waals surface area (Å²) in [7, 11) is 0. The number of hydrogen-bond acceptors (Lipinski definition) is 3. The molecule has 3 N–H and O–H groups in total. The van der Waals surface area contributed by atoms with Crippen LogP contribution in [0.4, 0.5) is 4.79 Å².